The number of nitrogens with one attached hydrogen (secondary N) is 3. The molecule has 1 aliphatic rings. The minimum absolute atomic E-state index is 0.272. The monoisotopic (exact) mass is 498 g/mol. The van der Waals surface area contributed by atoms with Gasteiger partial charge in [-0.2, -0.15) is 4.98 Å². The van der Waals surface area contributed by atoms with Crippen LogP contribution in [-0.4, -0.2) is 54.3 Å². The van der Waals surface area contributed by atoms with Gasteiger partial charge in [0.1, 0.15) is 10.7 Å². The van der Waals surface area contributed by atoms with E-state index in [2.05, 4.69) is 16.0 Å². The van der Waals surface area contributed by atoms with Gasteiger partial charge in [-0.05, 0) is 67.9 Å². The molecule has 34 heavy (non-hydrogen) atoms. The predicted molar refractivity (Wildman–Crippen MR) is 143 cm³/mol. The van der Waals surface area contributed by atoms with E-state index < -0.39 is 0 Å². The third-order valence-corrected chi connectivity index (χ3v) is 7.28. The molecule has 2 aromatic heterocycles. The number of para-hydroxylation sites is 1. The number of hydrogen-bond donors (Lipinski definition) is 3. The number of aromatic nitrogens is 2. The van der Waals surface area contributed by atoms with Crippen molar-refractivity contribution >= 4 is 63.0 Å². The van der Waals surface area contributed by atoms with E-state index in [1.807, 2.05) is 55.6 Å². The topological polar surface area (TPSA) is 91.4 Å². The first-order chi connectivity index (χ1) is 16.4. The van der Waals surface area contributed by atoms with Gasteiger partial charge >= 0.3 is 5.97 Å². The van der Waals surface area contributed by atoms with E-state index in [0.29, 0.717) is 22.0 Å². The van der Waals surface area contributed by atoms with Crippen molar-refractivity contribution in [3.05, 3.63) is 40.1 Å². The van der Waals surface area contributed by atoms with Crippen LogP contribution >= 0.6 is 23.6 Å². The van der Waals surface area contributed by atoms with Crippen LogP contribution < -0.4 is 20.9 Å². The van der Waals surface area contributed by atoms with E-state index in [0.717, 1.165) is 53.7 Å². The highest BCUT2D eigenvalue weighted by Gasteiger charge is 2.24. The Morgan fingerprint density at radius 2 is 1.85 bits per heavy atom. The number of rotatable bonds is 6. The Labute approximate surface area is 209 Å². The Morgan fingerprint density at radius 3 is 2.56 bits per heavy atom. The molecule has 1 aliphatic carbocycles. The van der Waals surface area contributed by atoms with Gasteiger partial charge in [-0.3, -0.25) is 0 Å². The highest BCUT2D eigenvalue weighted by molar-refractivity contribution is 7.80. The molecule has 0 atom stereocenters. The lowest BCUT2D eigenvalue weighted by molar-refractivity contribution is 0.0607. The van der Waals surface area contributed by atoms with Crippen LogP contribution in [0.5, 0.6) is 0 Å². The molecule has 1 fully saturated rings. The zero-order chi connectivity index (χ0) is 24.2. The molecule has 1 aromatic carbocycles. The summed E-state index contributed by atoms with van der Waals surface area (Å²) in [5.74, 6) is 1.22. The molecule has 0 aliphatic heterocycles. The molecule has 0 saturated heterocycles. The number of esters is 1. The van der Waals surface area contributed by atoms with Gasteiger partial charge in [0.2, 0.25) is 5.95 Å². The van der Waals surface area contributed by atoms with E-state index in [1.54, 1.807) is 0 Å². The van der Waals surface area contributed by atoms with E-state index in [-0.39, 0.29) is 12.0 Å². The van der Waals surface area contributed by atoms with Crippen LogP contribution in [0.2, 0.25) is 0 Å². The summed E-state index contributed by atoms with van der Waals surface area (Å²) in [7, 11) is 5.38. The first-order valence-corrected chi connectivity index (χ1v) is 12.6. The van der Waals surface area contributed by atoms with Crippen LogP contribution in [0.25, 0.3) is 10.9 Å². The molecule has 3 aromatic rings. The van der Waals surface area contributed by atoms with Crippen LogP contribution in [0.1, 0.15) is 40.9 Å². The molecule has 2 heterocycles. The SMILES string of the molecule is COC(=O)c1scc(C)c1NC(=S)N[C@H]1CC[C@@H](Nc2nc(N(C)C)c3ccccc3n2)CC1. The maximum Gasteiger partial charge on any atom is 0.350 e. The van der Waals surface area contributed by atoms with E-state index >= 15 is 0 Å². The first-order valence-electron chi connectivity index (χ1n) is 11.3. The minimum atomic E-state index is -0.358. The zero-order valence-corrected chi connectivity index (χ0v) is 21.5. The number of aryl methyl sites for hydroxylation is 1. The molecule has 0 unspecified atom stereocenters. The fraction of sp³-hybridized carbons (Fsp3) is 0.417. The van der Waals surface area contributed by atoms with E-state index in [9.17, 15) is 4.79 Å². The number of carbonyl (C=O) groups excluding carboxylic acids is 1. The molecule has 10 heteroatoms. The average molecular weight is 499 g/mol. The lowest BCUT2D eigenvalue weighted by atomic mass is 9.91. The van der Waals surface area contributed by atoms with Gasteiger partial charge in [0, 0.05) is 31.6 Å². The van der Waals surface area contributed by atoms with Crippen molar-refractivity contribution in [1.82, 2.24) is 15.3 Å². The fourth-order valence-corrected chi connectivity index (χ4v) is 5.40. The van der Waals surface area contributed by atoms with Crippen LogP contribution in [0, 0.1) is 6.92 Å². The standard InChI is InChI=1S/C24H30N6O2S2/c1-14-13-34-20(22(31)32-4)19(14)28-24(33)26-16-11-9-15(10-12-16)25-23-27-18-8-6-5-7-17(18)21(29-23)30(2)3/h5-8,13,15-16H,9-12H2,1-4H3,(H,25,27,29)(H2,26,28,33)/t15-,16+. The van der Waals surface area contributed by atoms with Gasteiger partial charge in [-0.1, -0.05) is 12.1 Å². The largest absolute Gasteiger partial charge is 0.465 e. The second-order valence-electron chi connectivity index (χ2n) is 8.69. The molecule has 0 spiro atoms. The quantitative estimate of drug-likeness (QED) is 0.334. The third kappa shape index (κ3) is 5.39. The van der Waals surface area contributed by atoms with Gasteiger partial charge in [-0.25, -0.2) is 9.78 Å². The summed E-state index contributed by atoms with van der Waals surface area (Å²) >= 11 is 6.89. The summed E-state index contributed by atoms with van der Waals surface area (Å²) in [6, 6.07) is 8.65. The van der Waals surface area contributed by atoms with Crippen LogP contribution in [0.3, 0.4) is 0 Å². The van der Waals surface area contributed by atoms with Crippen molar-refractivity contribution in [3.63, 3.8) is 0 Å². The minimum Gasteiger partial charge on any atom is -0.465 e. The molecule has 3 N–H and O–H groups in total. The summed E-state index contributed by atoms with van der Waals surface area (Å²) in [5.41, 5.74) is 2.62. The van der Waals surface area contributed by atoms with Crippen molar-refractivity contribution in [2.75, 3.05) is 36.7 Å². The van der Waals surface area contributed by atoms with Gasteiger partial charge < -0.3 is 25.6 Å². The van der Waals surface area contributed by atoms with Crippen LogP contribution in [0.15, 0.2) is 29.6 Å². The lowest BCUT2D eigenvalue weighted by Crippen LogP contribution is -2.42. The molecule has 0 amide bonds. The Kier molecular flexibility index (Phi) is 7.47. The number of anilines is 3. The normalized spacial score (nSPS) is 17.8. The highest BCUT2D eigenvalue weighted by atomic mass is 32.1. The maximum absolute atomic E-state index is 12.0. The Bertz CT molecular complexity index is 1190. The number of thiophene rings is 1. The summed E-state index contributed by atoms with van der Waals surface area (Å²) < 4.78 is 4.87. The molecule has 180 valence electrons. The maximum atomic E-state index is 12.0. The lowest BCUT2D eigenvalue weighted by Gasteiger charge is -2.30. The fourth-order valence-electron chi connectivity index (χ4n) is 4.21. The van der Waals surface area contributed by atoms with Gasteiger partial charge in [0.05, 0.1) is 18.3 Å². The molecule has 1 saturated carbocycles. The number of benzene rings is 1. The number of carbonyl (C=O) groups is 1. The van der Waals surface area contributed by atoms with Crippen molar-refractivity contribution in [2.45, 2.75) is 44.7 Å². The van der Waals surface area contributed by atoms with Gasteiger partial charge in [-0.15, -0.1) is 11.3 Å². The Morgan fingerprint density at radius 1 is 1.15 bits per heavy atom. The average Bonchev–Trinajstić information content (AvgIpc) is 3.19. The molecule has 0 radical (unpaired) electrons. The number of fused-ring (bicyclic) bond motifs is 1. The van der Waals surface area contributed by atoms with E-state index in [1.165, 1.54) is 18.4 Å². The summed E-state index contributed by atoms with van der Waals surface area (Å²) in [6.45, 7) is 1.95. The molecular formula is C24H30N6O2S2. The van der Waals surface area contributed by atoms with Crippen LogP contribution in [0.4, 0.5) is 17.5 Å². The number of ether oxygens (including phenoxy) is 1. The number of thiocarbonyl (C=S) groups is 1. The molecule has 0 bridgehead atoms. The highest BCUT2D eigenvalue weighted by Crippen LogP contribution is 2.29. The van der Waals surface area contributed by atoms with Gasteiger partial charge in [0.15, 0.2) is 5.11 Å². The van der Waals surface area contributed by atoms with Crippen molar-refractivity contribution in [1.29, 1.82) is 0 Å². The third-order valence-electron chi connectivity index (χ3n) is 5.99. The number of hydrogen-bond acceptors (Lipinski definition) is 8. The van der Waals surface area contributed by atoms with Gasteiger partial charge in [0.25, 0.3) is 0 Å². The zero-order valence-electron chi connectivity index (χ0n) is 19.8. The second kappa shape index (κ2) is 10.5. The number of methoxy groups -OCH3 is 1. The predicted octanol–water partition coefficient (Wildman–Crippen LogP) is 4.56. The summed E-state index contributed by atoms with van der Waals surface area (Å²) in [4.78, 5) is 24.0. The van der Waals surface area contributed by atoms with Crippen molar-refractivity contribution < 1.29 is 9.53 Å². The Hall–Kier alpha value is -2.98. The summed E-state index contributed by atoms with van der Waals surface area (Å²) in [6.07, 6.45) is 3.91. The second-order valence-corrected chi connectivity index (χ2v) is 9.98. The smallest absolute Gasteiger partial charge is 0.350 e. The molecule has 4 rings (SSSR count). The molecular weight excluding hydrogens is 468 g/mol. The van der Waals surface area contributed by atoms with Crippen molar-refractivity contribution in [3.8, 4) is 0 Å². The Balaban J connectivity index is 1.33. The first kappa shape index (κ1) is 24.2. The summed E-state index contributed by atoms with van der Waals surface area (Å²) in [5, 5.41) is 13.6. The molecule has 8 nitrogen and oxygen atoms in total. The van der Waals surface area contributed by atoms with Crippen LogP contribution in [-0.2, 0) is 4.74 Å². The number of nitrogens with zero attached hydrogens (tertiary/aromatic N) is 3. The van der Waals surface area contributed by atoms with Crippen molar-refractivity contribution in [2.24, 2.45) is 0 Å². The van der Waals surface area contributed by atoms with E-state index in [4.69, 9.17) is 26.9 Å².